The second-order valence-corrected chi connectivity index (χ2v) is 4.03. The van der Waals surface area contributed by atoms with Crippen LogP contribution in [0.2, 0.25) is 0 Å². The lowest BCUT2D eigenvalue weighted by Gasteiger charge is -2.37. The van der Waals surface area contributed by atoms with E-state index in [9.17, 15) is 4.79 Å². The van der Waals surface area contributed by atoms with Crippen LogP contribution in [-0.4, -0.2) is 23.3 Å². The van der Waals surface area contributed by atoms with Crippen molar-refractivity contribution in [3.05, 3.63) is 0 Å². The molecule has 3 heteroatoms. The number of aliphatic carboxylic acids is 1. The van der Waals surface area contributed by atoms with Gasteiger partial charge in [-0.1, -0.05) is 0 Å². The number of hydrogen-bond acceptors (Lipinski definition) is 2. The summed E-state index contributed by atoms with van der Waals surface area (Å²) in [5.41, 5.74) is -0.586. The molecule has 70 valence electrons. The summed E-state index contributed by atoms with van der Waals surface area (Å²) in [6, 6.07) is 0. The molecule has 0 radical (unpaired) electrons. The molecule has 2 atom stereocenters. The second-order valence-electron chi connectivity index (χ2n) is 4.03. The third-order valence-corrected chi connectivity index (χ3v) is 2.46. The Kier molecular flexibility index (Phi) is 2.42. The average molecular weight is 172 g/mol. The minimum atomic E-state index is -0.704. The summed E-state index contributed by atoms with van der Waals surface area (Å²) < 4.78 is 5.47. The van der Waals surface area contributed by atoms with E-state index in [1.165, 1.54) is 0 Å². The zero-order chi connectivity index (χ0) is 9.35. The summed E-state index contributed by atoms with van der Waals surface area (Å²) in [6.45, 7) is 5.65. The fourth-order valence-corrected chi connectivity index (χ4v) is 2.02. The van der Waals surface area contributed by atoms with Crippen molar-refractivity contribution in [1.29, 1.82) is 0 Å². The van der Waals surface area contributed by atoms with Crippen molar-refractivity contribution in [2.45, 2.75) is 45.8 Å². The number of carboxylic acid groups (broad SMARTS) is 1. The van der Waals surface area contributed by atoms with Gasteiger partial charge in [-0.05, 0) is 33.6 Å². The molecule has 1 heterocycles. The van der Waals surface area contributed by atoms with E-state index in [0.29, 0.717) is 12.8 Å². The van der Waals surface area contributed by atoms with Gasteiger partial charge in [-0.15, -0.1) is 0 Å². The highest BCUT2D eigenvalue weighted by Crippen LogP contribution is 2.36. The molecule has 0 aromatic heterocycles. The Labute approximate surface area is 72.7 Å². The van der Waals surface area contributed by atoms with Crippen molar-refractivity contribution in [3.63, 3.8) is 0 Å². The minimum absolute atomic E-state index is 0.0647. The molecule has 0 aromatic carbocycles. The van der Waals surface area contributed by atoms with Crippen LogP contribution in [0.15, 0.2) is 0 Å². The summed E-state index contributed by atoms with van der Waals surface area (Å²) in [7, 11) is 0. The molecule has 1 aliphatic heterocycles. The maximum atomic E-state index is 10.9. The molecule has 0 amide bonds. The van der Waals surface area contributed by atoms with E-state index < -0.39 is 11.4 Å². The molecule has 1 N–H and O–H groups in total. The number of ether oxygens (including phenoxy) is 1. The van der Waals surface area contributed by atoms with Crippen LogP contribution in [0.3, 0.4) is 0 Å². The maximum absolute atomic E-state index is 10.9. The maximum Gasteiger partial charge on any atom is 0.309 e. The first kappa shape index (κ1) is 9.52. The third kappa shape index (κ3) is 1.78. The molecule has 0 aliphatic carbocycles. The van der Waals surface area contributed by atoms with E-state index >= 15 is 0 Å². The van der Waals surface area contributed by atoms with E-state index in [1.807, 2.05) is 13.8 Å². The molecule has 0 bridgehead atoms. The van der Waals surface area contributed by atoms with Crippen LogP contribution in [0.5, 0.6) is 0 Å². The summed E-state index contributed by atoms with van der Waals surface area (Å²) >= 11 is 0. The second kappa shape index (κ2) is 3.05. The summed E-state index contributed by atoms with van der Waals surface area (Å²) in [4.78, 5) is 10.9. The highest BCUT2D eigenvalue weighted by molar-refractivity contribution is 5.74. The van der Waals surface area contributed by atoms with Crippen LogP contribution >= 0.6 is 0 Å². The van der Waals surface area contributed by atoms with Gasteiger partial charge in [0.1, 0.15) is 0 Å². The Balaban J connectivity index is 2.71. The Hall–Kier alpha value is -0.570. The smallest absolute Gasteiger partial charge is 0.309 e. The van der Waals surface area contributed by atoms with Crippen molar-refractivity contribution in [1.82, 2.24) is 0 Å². The molecule has 0 aromatic rings. The highest BCUT2D eigenvalue weighted by atomic mass is 16.5. The average Bonchev–Trinajstić information content (AvgIpc) is 1.82. The van der Waals surface area contributed by atoms with Crippen molar-refractivity contribution < 1.29 is 14.6 Å². The van der Waals surface area contributed by atoms with Crippen LogP contribution in [0.1, 0.15) is 33.6 Å². The van der Waals surface area contributed by atoms with Gasteiger partial charge in [-0.3, -0.25) is 4.79 Å². The molecule has 0 saturated carbocycles. The molecule has 1 fully saturated rings. The van der Waals surface area contributed by atoms with Gasteiger partial charge >= 0.3 is 5.97 Å². The van der Waals surface area contributed by atoms with E-state index in [2.05, 4.69) is 0 Å². The zero-order valence-corrected chi connectivity index (χ0v) is 7.83. The predicted molar refractivity (Wildman–Crippen MR) is 45.0 cm³/mol. The van der Waals surface area contributed by atoms with Crippen molar-refractivity contribution in [2.24, 2.45) is 5.41 Å². The zero-order valence-electron chi connectivity index (χ0n) is 7.83. The van der Waals surface area contributed by atoms with Crippen LogP contribution in [0.25, 0.3) is 0 Å². The van der Waals surface area contributed by atoms with Gasteiger partial charge in [-0.2, -0.15) is 0 Å². The van der Waals surface area contributed by atoms with Crippen molar-refractivity contribution in [2.75, 3.05) is 0 Å². The fraction of sp³-hybridized carbons (Fsp3) is 0.889. The molecular weight excluding hydrogens is 156 g/mol. The standard InChI is InChI=1S/C9H16O3/c1-6-4-9(3,8(10)11)5-7(2)12-6/h6-7H,4-5H2,1-3H3,(H,10,11). The van der Waals surface area contributed by atoms with Crippen LogP contribution in [0.4, 0.5) is 0 Å². The monoisotopic (exact) mass is 172 g/mol. The highest BCUT2D eigenvalue weighted by Gasteiger charge is 2.40. The van der Waals surface area contributed by atoms with Gasteiger partial charge in [-0.25, -0.2) is 0 Å². The number of rotatable bonds is 1. The molecule has 2 unspecified atom stereocenters. The van der Waals surface area contributed by atoms with Crippen molar-refractivity contribution in [3.8, 4) is 0 Å². The van der Waals surface area contributed by atoms with Crippen molar-refractivity contribution >= 4 is 5.97 Å². The Morgan fingerprint density at radius 3 is 2.17 bits per heavy atom. The van der Waals surface area contributed by atoms with Crippen LogP contribution < -0.4 is 0 Å². The largest absolute Gasteiger partial charge is 0.481 e. The van der Waals surface area contributed by atoms with Gasteiger partial charge in [0, 0.05) is 0 Å². The lowest BCUT2D eigenvalue weighted by atomic mass is 9.78. The first-order chi connectivity index (χ1) is 5.44. The van der Waals surface area contributed by atoms with Gasteiger partial charge in [0.25, 0.3) is 0 Å². The molecule has 12 heavy (non-hydrogen) atoms. The van der Waals surface area contributed by atoms with E-state index in [1.54, 1.807) is 6.92 Å². The number of hydrogen-bond donors (Lipinski definition) is 1. The quantitative estimate of drug-likeness (QED) is 0.654. The first-order valence-electron chi connectivity index (χ1n) is 4.33. The van der Waals surface area contributed by atoms with Gasteiger partial charge in [0.05, 0.1) is 17.6 Å². The lowest BCUT2D eigenvalue weighted by molar-refractivity contribution is -0.161. The topological polar surface area (TPSA) is 46.5 Å². The normalized spacial score (nSPS) is 42.6. The summed E-state index contributed by atoms with van der Waals surface area (Å²) in [5.74, 6) is -0.704. The van der Waals surface area contributed by atoms with E-state index in [4.69, 9.17) is 9.84 Å². The predicted octanol–water partition coefficient (Wildman–Crippen LogP) is 1.66. The van der Waals surface area contributed by atoms with E-state index in [0.717, 1.165) is 0 Å². The molecular formula is C9H16O3. The van der Waals surface area contributed by atoms with Gasteiger partial charge in [0.15, 0.2) is 0 Å². The summed E-state index contributed by atoms with van der Waals surface area (Å²) in [5, 5.41) is 8.98. The Morgan fingerprint density at radius 1 is 1.42 bits per heavy atom. The fourth-order valence-electron chi connectivity index (χ4n) is 2.02. The molecule has 3 nitrogen and oxygen atoms in total. The van der Waals surface area contributed by atoms with Gasteiger partial charge < -0.3 is 9.84 Å². The first-order valence-corrected chi connectivity index (χ1v) is 4.33. The number of carbonyl (C=O) groups is 1. The SMILES string of the molecule is CC1CC(C)(C(=O)O)CC(C)O1. The minimum Gasteiger partial charge on any atom is -0.481 e. The lowest BCUT2D eigenvalue weighted by Crippen LogP contribution is -2.41. The number of carboxylic acids is 1. The Morgan fingerprint density at radius 2 is 1.83 bits per heavy atom. The van der Waals surface area contributed by atoms with Crippen LogP contribution in [-0.2, 0) is 9.53 Å². The van der Waals surface area contributed by atoms with Gasteiger partial charge in [0.2, 0.25) is 0 Å². The molecule has 1 aliphatic rings. The van der Waals surface area contributed by atoms with Crippen LogP contribution in [0, 0.1) is 5.41 Å². The Bertz CT molecular complexity index is 178. The molecule has 0 spiro atoms. The molecule has 1 saturated heterocycles. The summed E-state index contributed by atoms with van der Waals surface area (Å²) in [6.07, 6.45) is 1.36. The third-order valence-electron chi connectivity index (χ3n) is 2.46. The molecule has 1 rings (SSSR count). The van der Waals surface area contributed by atoms with E-state index in [-0.39, 0.29) is 12.2 Å².